The van der Waals surface area contributed by atoms with Crippen molar-refractivity contribution in [1.29, 1.82) is 0 Å². The highest BCUT2D eigenvalue weighted by Crippen LogP contribution is 2.23. The lowest BCUT2D eigenvalue weighted by atomic mass is 10.2. The van der Waals surface area contributed by atoms with Crippen molar-refractivity contribution in [2.45, 2.75) is 12.1 Å². The van der Waals surface area contributed by atoms with E-state index in [1.165, 1.54) is 18.0 Å². The number of rotatable bonds is 5. The standard InChI is InChI=1S/C14H14BrN3O2S/c1-3-20-13(19)11-8-16-14(21-2)18-12(11)17-10-6-4-5-9(15)7-10/h4-8H,3H2,1-2H3,(H,16,17,18). The first-order valence-corrected chi connectivity index (χ1v) is 8.26. The quantitative estimate of drug-likeness (QED) is 0.491. The Bertz CT molecular complexity index is 652. The maximum Gasteiger partial charge on any atom is 0.343 e. The zero-order valence-electron chi connectivity index (χ0n) is 11.6. The summed E-state index contributed by atoms with van der Waals surface area (Å²) < 4.78 is 5.96. The van der Waals surface area contributed by atoms with Gasteiger partial charge in [-0.15, -0.1) is 0 Å². The summed E-state index contributed by atoms with van der Waals surface area (Å²) in [6, 6.07) is 7.61. The number of anilines is 2. The van der Waals surface area contributed by atoms with Crippen LogP contribution in [0.5, 0.6) is 0 Å². The molecule has 1 aromatic carbocycles. The fourth-order valence-electron chi connectivity index (χ4n) is 1.62. The molecule has 2 rings (SSSR count). The maximum atomic E-state index is 12.0. The van der Waals surface area contributed by atoms with Gasteiger partial charge >= 0.3 is 5.97 Å². The molecule has 0 unspecified atom stereocenters. The average molecular weight is 368 g/mol. The number of ether oxygens (including phenoxy) is 1. The molecule has 0 bridgehead atoms. The number of esters is 1. The summed E-state index contributed by atoms with van der Waals surface area (Å²) >= 11 is 4.81. The fourth-order valence-corrected chi connectivity index (χ4v) is 2.36. The normalized spacial score (nSPS) is 10.2. The van der Waals surface area contributed by atoms with Crippen LogP contribution in [0, 0.1) is 0 Å². The molecule has 1 aromatic heterocycles. The van der Waals surface area contributed by atoms with Gasteiger partial charge in [0, 0.05) is 16.4 Å². The number of halogens is 1. The van der Waals surface area contributed by atoms with Gasteiger partial charge in [-0.3, -0.25) is 0 Å². The van der Waals surface area contributed by atoms with Crippen LogP contribution in [-0.4, -0.2) is 28.8 Å². The summed E-state index contributed by atoms with van der Waals surface area (Å²) in [6.07, 6.45) is 3.36. The molecule has 0 radical (unpaired) electrons. The van der Waals surface area contributed by atoms with Gasteiger partial charge in [0.25, 0.3) is 0 Å². The van der Waals surface area contributed by atoms with Gasteiger partial charge in [-0.2, -0.15) is 0 Å². The number of carbonyl (C=O) groups is 1. The third-order valence-electron chi connectivity index (χ3n) is 2.53. The number of thioether (sulfide) groups is 1. The predicted octanol–water partition coefficient (Wildman–Crippen LogP) is 3.88. The fraction of sp³-hybridized carbons (Fsp3) is 0.214. The van der Waals surface area contributed by atoms with E-state index >= 15 is 0 Å². The molecular weight excluding hydrogens is 354 g/mol. The first-order valence-electron chi connectivity index (χ1n) is 6.24. The van der Waals surface area contributed by atoms with Gasteiger partial charge in [-0.25, -0.2) is 14.8 Å². The molecule has 7 heteroatoms. The highest BCUT2D eigenvalue weighted by atomic mass is 79.9. The van der Waals surface area contributed by atoms with Gasteiger partial charge < -0.3 is 10.1 Å². The van der Waals surface area contributed by atoms with Crippen LogP contribution in [0.4, 0.5) is 11.5 Å². The molecule has 0 atom stereocenters. The van der Waals surface area contributed by atoms with Crippen LogP contribution in [-0.2, 0) is 4.74 Å². The molecule has 21 heavy (non-hydrogen) atoms. The van der Waals surface area contributed by atoms with E-state index in [4.69, 9.17) is 4.74 Å². The molecule has 0 aliphatic carbocycles. The first kappa shape index (κ1) is 15.8. The van der Waals surface area contributed by atoms with E-state index in [0.29, 0.717) is 23.1 Å². The largest absolute Gasteiger partial charge is 0.462 e. The van der Waals surface area contributed by atoms with E-state index in [1.54, 1.807) is 6.92 Å². The predicted molar refractivity (Wildman–Crippen MR) is 87.2 cm³/mol. The Morgan fingerprint density at radius 3 is 2.95 bits per heavy atom. The summed E-state index contributed by atoms with van der Waals surface area (Å²) in [7, 11) is 0. The second kappa shape index (κ2) is 7.42. The lowest BCUT2D eigenvalue weighted by Gasteiger charge is -2.11. The molecule has 0 aliphatic heterocycles. The van der Waals surface area contributed by atoms with Gasteiger partial charge in [0.15, 0.2) is 5.16 Å². The van der Waals surface area contributed by atoms with Crippen LogP contribution >= 0.6 is 27.7 Å². The van der Waals surface area contributed by atoms with Crippen molar-refractivity contribution in [3.8, 4) is 0 Å². The minimum absolute atomic E-state index is 0.305. The van der Waals surface area contributed by atoms with Crippen molar-refractivity contribution in [1.82, 2.24) is 9.97 Å². The Morgan fingerprint density at radius 1 is 1.48 bits per heavy atom. The first-order chi connectivity index (χ1) is 10.1. The van der Waals surface area contributed by atoms with Gasteiger partial charge in [0.1, 0.15) is 11.4 Å². The van der Waals surface area contributed by atoms with Crippen LogP contribution in [0.15, 0.2) is 40.1 Å². The van der Waals surface area contributed by atoms with Crippen LogP contribution < -0.4 is 5.32 Å². The van der Waals surface area contributed by atoms with Crippen LogP contribution in [0.2, 0.25) is 0 Å². The Labute approximate surface area is 135 Å². The van der Waals surface area contributed by atoms with Crippen molar-refractivity contribution in [2.75, 3.05) is 18.2 Å². The Morgan fingerprint density at radius 2 is 2.29 bits per heavy atom. The van der Waals surface area contributed by atoms with E-state index in [-0.39, 0.29) is 0 Å². The molecule has 0 aliphatic rings. The molecule has 0 saturated carbocycles. The minimum Gasteiger partial charge on any atom is -0.462 e. The highest BCUT2D eigenvalue weighted by molar-refractivity contribution is 9.10. The third kappa shape index (κ3) is 4.18. The topological polar surface area (TPSA) is 64.1 Å². The Kier molecular flexibility index (Phi) is 5.58. The number of hydrogen-bond donors (Lipinski definition) is 1. The van der Waals surface area contributed by atoms with Gasteiger partial charge in [-0.05, 0) is 31.4 Å². The molecular formula is C14H14BrN3O2S. The second-order valence-electron chi connectivity index (χ2n) is 3.97. The molecule has 1 N–H and O–H groups in total. The van der Waals surface area contributed by atoms with E-state index in [0.717, 1.165) is 10.2 Å². The number of hydrogen-bond acceptors (Lipinski definition) is 6. The number of benzene rings is 1. The SMILES string of the molecule is CCOC(=O)c1cnc(SC)nc1Nc1cccc(Br)c1. The number of nitrogens with one attached hydrogen (secondary N) is 1. The van der Waals surface area contributed by atoms with Crippen molar-refractivity contribution in [3.63, 3.8) is 0 Å². The highest BCUT2D eigenvalue weighted by Gasteiger charge is 2.16. The van der Waals surface area contributed by atoms with E-state index < -0.39 is 5.97 Å². The number of carbonyl (C=O) groups excluding carboxylic acids is 1. The minimum atomic E-state index is -0.442. The van der Waals surface area contributed by atoms with Crippen molar-refractivity contribution >= 4 is 45.2 Å². The van der Waals surface area contributed by atoms with Crippen LogP contribution in [0.1, 0.15) is 17.3 Å². The van der Waals surface area contributed by atoms with E-state index in [9.17, 15) is 4.79 Å². The average Bonchev–Trinajstić information content (AvgIpc) is 2.47. The molecule has 2 aromatic rings. The van der Waals surface area contributed by atoms with Crippen molar-refractivity contribution in [2.24, 2.45) is 0 Å². The van der Waals surface area contributed by atoms with E-state index in [2.05, 4.69) is 31.2 Å². The summed E-state index contributed by atoms with van der Waals surface area (Å²) in [4.78, 5) is 20.4. The zero-order valence-corrected chi connectivity index (χ0v) is 14.0. The maximum absolute atomic E-state index is 12.0. The molecule has 0 fully saturated rings. The summed E-state index contributed by atoms with van der Waals surface area (Å²) in [5, 5.41) is 3.72. The van der Waals surface area contributed by atoms with Gasteiger partial charge in [0.05, 0.1) is 6.61 Å². The third-order valence-corrected chi connectivity index (χ3v) is 3.59. The molecule has 1 heterocycles. The van der Waals surface area contributed by atoms with Gasteiger partial charge in [-0.1, -0.05) is 33.8 Å². The number of aromatic nitrogens is 2. The summed E-state index contributed by atoms with van der Waals surface area (Å²) in [6.45, 7) is 2.07. The summed E-state index contributed by atoms with van der Waals surface area (Å²) in [5.41, 5.74) is 1.13. The van der Waals surface area contributed by atoms with Crippen LogP contribution in [0.25, 0.3) is 0 Å². The summed E-state index contributed by atoms with van der Waals surface area (Å²) in [5.74, 6) is -0.00597. The second-order valence-corrected chi connectivity index (χ2v) is 5.66. The smallest absolute Gasteiger partial charge is 0.343 e. The van der Waals surface area contributed by atoms with Gasteiger partial charge in [0.2, 0.25) is 0 Å². The number of nitrogens with zero attached hydrogens (tertiary/aromatic N) is 2. The molecule has 110 valence electrons. The molecule has 0 amide bonds. The molecule has 0 spiro atoms. The zero-order chi connectivity index (χ0) is 15.2. The van der Waals surface area contributed by atoms with Crippen molar-refractivity contribution in [3.05, 3.63) is 40.5 Å². The van der Waals surface area contributed by atoms with E-state index in [1.807, 2.05) is 30.5 Å². The molecule has 5 nitrogen and oxygen atoms in total. The Hall–Kier alpha value is -1.60. The lowest BCUT2D eigenvalue weighted by Crippen LogP contribution is -2.10. The Balaban J connectivity index is 2.37. The van der Waals surface area contributed by atoms with Crippen molar-refractivity contribution < 1.29 is 9.53 Å². The lowest BCUT2D eigenvalue weighted by molar-refractivity contribution is 0.0526. The molecule has 0 saturated heterocycles. The monoisotopic (exact) mass is 367 g/mol. The van der Waals surface area contributed by atoms with Crippen LogP contribution in [0.3, 0.4) is 0 Å².